The quantitative estimate of drug-likeness (QED) is 0.910. The topological polar surface area (TPSA) is 87.2 Å². The number of sulfonamides is 1. The van der Waals surface area contributed by atoms with Gasteiger partial charge >= 0.3 is 0 Å². The zero-order valence-electron chi connectivity index (χ0n) is 11.5. The first-order chi connectivity index (χ1) is 9.50. The van der Waals surface area contributed by atoms with E-state index in [9.17, 15) is 8.42 Å². The van der Waals surface area contributed by atoms with Crippen molar-refractivity contribution in [3.8, 4) is 6.07 Å². The molecule has 20 heavy (non-hydrogen) atoms. The molecule has 0 radical (unpaired) electrons. The van der Waals surface area contributed by atoms with E-state index in [1.807, 2.05) is 13.0 Å². The summed E-state index contributed by atoms with van der Waals surface area (Å²) < 4.78 is 26.9. The van der Waals surface area contributed by atoms with Crippen molar-refractivity contribution in [1.82, 2.24) is 4.31 Å². The summed E-state index contributed by atoms with van der Waals surface area (Å²) in [5.41, 5.74) is 6.21. The van der Waals surface area contributed by atoms with Crippen LogP contribution in [-0.4, -0.2) is 31.9 Å². The highest BCUT2D eigenvalue weighted by atomic mass is 32.2. The Morgan fingerprint density at radius 3 is 2.60 bits per heavy atom. The molecule has 6 heteroatoms. The highest BCUT2D eigenvalue weighted by Gasteiger charge is 2.36. The third-order valence-electron chi connectivity index (χ3n) is 3.90. The molecular formula is C14H19N3O2S. The second-order valence-corrected chi connectivity index (χ2v) is 7.07. The van der Waals surface area contributed by atoms with Gasteiger partial charge in [0.05, 0.1) is 16.5 Å². The molecule has 0 aliphatic carbocycles. The fraction of sp³-hybridized carbons (Fsp3) is 0.500. The smallest absolute Gasteiger partial charge is 0.243 e. The van der Waals surface area contributed by atoms with Crippen LogP contribution in [0.4, 0.5) is 0 Å². The summed E-state index contributed by atoms with van der Waals surface area (Å²) in [6, 6.07) is 7.86. The van der Waals surface area contributed by atoms with Gasteiger partial charge in [0.25, 0.3) is 0 Å². The molecule has 0 aromatic heterocycles. The van der Waals surface area contributed by atoms with Crippen LogP contribution in [0.15, 0.2) is 29.2 Å². The van der Waals surface area contributed by atoms with Crippen molar-refractivity contribution in [1.29, 1.82) is 5.26 Å². The van der Waals surface area contributed by atoms with Gasteiger partial charge in [0.1, 0.15) is 0 Å². The number of nitrogens with zero attached hydrogens (tertiary/aromatic N) is 2. The van der Waals surface area contributed by atoms with Gasteiger partial charge in [-0.3, -0.25) is 0 Å². The summed E-state index contributed by atoms with van der Waals surface area (Å²) in [6.07, 6.45) is 1.86. The highest BCUT2D eigenvalue weighted by Crippen LogP contribution is 2.28. The maximum absolute atomic E-state index is 12.7. The van der Waals surface area contributed by atoms with Crippen molar-refractivity contribution in [3.63, 3.8) is 0 Å². The molecule has 0 amide bonds. The van der Waals surface area contributed by atoms with Gasteiger partial charge in [-0.15, -0.1) is 0 Å². The summed E-state index contributed by atoms with van der Waals surface area (Å²) in [5, 5.41) is 8.77. The maximum Gasteiger partial charge on any atom is 0.243 e. The zero-order valence-corrected chi connectivity index (χ0v) is 12.3. The average Bonchev–Trinajstić information content (AvgIpc) is 2.47. The molecule has 1 fully saturated rings. The van der Waals surface area contributed by atoms with Gasteiger partial charge in [0.2, 0.25) is 10.0 Å². The Hall–Kier alpha value is -1.42. The van der Waals surface area contributed by atoms with E-state index in [0.717, 1.165) is 12.8 Å². The average molecular weight is 293 g/mol. The van der Waals surface area contributed by atoms with Crippen LogP contribution in [0.5, 0.6) is 0 Å². The van der Waals surface area contributed by atoms with Crippen LogP contribution >= 0.6 is 0 Å². The van der Waals surface area contributed by atoms with Crippen LogP contribution < -0.4 is 5.73 Å². The second kappa shape index (κ2) is 5.92. The monoisotopic (exact) mass is 293 g/mol. The first-order valence-electron chi connectivity index (χ1n) is 6.72. The standard InChI is InChI=1S/C14H19N3O2S/c1-11-3-2-8-17(14(11)10-16)20(18,19)13-6-4-12(9-15)5-7-13/h4-7,11,14H,2-3,8,10,16H2,1H3. The number of rotatable bonds is 3. The first kappa shape index (κ1) is 15.0. The summed E-state index contributed by atoms with van der Waals surface area (Å²) >= 11 is 0. The lowest BCUT2D eigenvalue weighted by molar-refractivity contribution is 0.192. The third kappa shape index (κ3) is 2.70. The molecule has 1 aromatic rings. The van der Waals surface area contributed by atoms with Gasteiger partial charge in [-0.05, 0) is 43.0 Å². The van der Waals surface area contributed by atoms with Crippen LogP contribution in [0.1, 0.15) is 25.3 Å². The summed E-state index contributed by atoms with van der Waals surface area (Å²) in [7, 11) is -3.54. The fourth-order valence-corrected chi connectivity index (χ4v) is 4.47. The SMILES string of the molecule is CC1CCCN(S(=O)(=O)c2ccc(C#N)cc2)C1CN. The van der Waals surface area contributed by atoms with E-state index in [1.54, 1.807) is 0 Å². The summed E-state index contributed by atoms with van der Waals surface area (Å²) in [5.74, 6) is 0.266. The van der Waals surface area contributed by atoms with E-state index in [4.69, 9.17) is 11.0 Å². The Morgan fingerprint density at radius 2 is 2.05 bits per heavy atom. The normalized spacial score (nSPS) is 24.2. The zero-order chi connectivity index (χ0) is 14.8. The lowest BCUT2D eigenvalue weighted by Gasteiger charge is -2.38. The Bertz CT molecular complexity index is 604. The molecule has 5 nitrogen and oxygen atoms in total. The molecule has 1 saturated heterocycles. The van der Waals surface area contributed by atoms with E-state index in [1.165, 1.54) is 28.6 Å². The van der Waals surface area contributed by atoms with Gasteiger partial charge in [0, 0.05) is 19.1 Å². The molecule has 1 aliphatic heterocycles. The van der Waals surface area contributed by atoms with Gasteiger partial charge in [-0.1, -0.05) is 6.92 Å². The molecule has 2 rings (SSSR count). The predicted molar refractivity (Wildman–Crippen MR) is 76.3 cm³/mol. The summed E-state index contributed by atoms with van der Waals surface area (Å²) in [6.45, 7) is 2.88. The van der Waals surface area contributed by atoms with E-state index in [-0.39, 0.29) is 16.9 Å². The van der Waals surface area contributed by atoms with Crippen LogP contribution in [0.25, 0.3) is 0 Å². The lowest BCUT2D eigenvalue weighted by Crippen LogP contribution is -2.51. The number of nitriles is 1. The Kier molecular flexibility index (Phi) is 4.43. The van der Waals surface area contributed by atoms with Crippen molar-refractivity contribution in [3.05, 3.63) is 29.8 Å². The van der Waals surface area contributed by atoms with Crippen molar-refractivity contribution in [2.45, 2.75) is 30.7 Å². The van der Waals surface area contributed by atoms with Crippen LogP contribution in [0, 0.1) is 17.2 Å². The molecule has 2 atom stereocenters. The molecule has 0 spiro atoms. The number of benzene rings is 1. The molecule has 2 N–H and O–H groups in total. The number of nitrogens with two attached hydrogens (primary N) is 1. The van der Waals surface area contributed by atoms with Crippen molar-refractivity contribution >= 4 is 10.0 Å². The minimum absolute atomic E-state index is 0.149. The Morgan fingerprint density at radius 1 is 1.40 bits per heavy atom. The fourth-order valence-electron chi connectivity index (χ4n) is 2.70. The van der Waals surface area contributed by atoms with E-state index >= 15 is 0 Å². The molecule has 1 heterocycles. The Labute approximate surface area is 120 Å². The highest BCUT2D eigenvalue weighted by molar-refractivity contribution is 7.89. The number of piperidine rings is 1. The minimum atomic E-state index is -3.54. The van der Waals surface area contributed by atoms with E-state index < -0.39 is 10.0 Å². The van der Waals surface area contributed by atoms with Crippen molar-refractivity contribution in [2.24, 2.45) is 11.7 Å². The van der Waals surface area contributed by atoms with Crippen molar-refractivity contribution in [2.75, 3.05) is 13.1 Å². The molecular weight excluding hydrogens is 274 g/mol. The maximum atomic E-state index is 12.7. The molecule has 0 bridgehead atoms. The third-order valence-corrected chi connectivity index (χ3v) is 5.83. The molecule has 2 unspecified atom stereocenters. The molecule has 0 saturated carbocycles. The number of hydrogen-bond acceptors (Lipinski definition) is 4. The van der Waals surface area contributed by atoms with Crippen LogP contribution in [-0.2, 0) is 10.0 Å². The molecule has 1 aromatic carbocycles. The van der Waals surface area contributed by atoms with E-state index in [0.29, 0.717) is 18.7 Å². The van der Waals surface area contributed by atoms with Crippen LogP contribution in [0.3, 0.4) is 0 Å². The van der Waals surface area contributed by atoms with Gasteiger partial charge < -0.3 is 5.73 Å². The lowest BCUT2D eigenvalue weighted by atomic mass is 9.93. The largest absolute Gasteiger partial charge is 0.329 e. The predicted octanol–water partition coefficient (Wildman–Crippen LogP) is 1.31. The molecule has 1 aliphatic rings. The Balaban J connectivity index is 2.35. The van der Waals surface area contributed by atoms with Gasteiger partial charge in [-0.25, -0.2) is 8.42 Å². The minimum Gasteiger partial charge on any atom is -0.329 e. The van der Waals surface area contributed by atoms with Crippen LogP contribution in [0.2, 0.25) is 0 Å². The van der Waals surface area contributed by atoms with Crippen molar-refractivity contribution < 1.29 is 8.42 Å². The van der Waals surface area contributed by atoms with E-state index in [2.05, 4.69) is 0 Å². The summed E-state index contributed by atoms with van der Waals surface area (Å²) in [4.78, 5) is 0.226. The van der Waals surface area contributed by atoms with Gasteiger partial charge in [0.15, 0.2) is 0 Å². The first-order valence-corrected chi connectivity index (χ1v) is 8.16. The molecule has 108 valence electrons. The van der Waals surface area contributed by atoms with Gasteiger partial charge in [-0.2, -0.15) is 9.57 Å². The second-order valence-electron chi connectivity index (χ2n) is 5.17. The number of hydrogen-bond donors (Lipinski definition) is 1.